The van der Waals surface area contributed by atoms with E-state index in [1.807, 2.05) is 11.8 Å². The summed E-state index contributed by atoms with van der Waals surface area (Å²) in [5.41, 5.74) is 2.28. The van der Waals surface area contributed by atoms with Crippen LogP contribution in [0.1, 0.15) is 11.1 Å². The molecule has 1 aromatic carbocycles. The summed E-state index contributed by atoms with van der Waals surface area (Å²) in [4.78, 5) is 0. The molecule has 0 amide bonds. The van der Waals surface area contributed by atoms with E-state index in [9.17, 15) is 13.2 Å². The Bertz CT molecular complexity index is 311. The van der Waals surface area contributed by atoms with Crippen molar-refractivity contribution < 1.29 is 13.2 Å². The quantitative estimate of drug-likeness (QED) is 0.667. The second kappa shape index (κ2) is 4.46. The molecular weight excluding hydrogens is 205 g/mol. The van der Waals surface area contributed by atoms with Gasteiger partial charge in [0.15, 0.2) is 0 Å². The zero-order valence-corrected chi connectivity index (χ0v) is 9.22. The zero-order chi connectivity index (χ0) is 10.6. The standard InChI is InChI=1S/C10H11F3Si/c1-14-7-6-8-2-4-9(5-3-8)10(11,12)13/h2-7H,14H2,1H3/b7-6+. The van der Waals surface area contributed by atoms with Gasteiger partial charge in [-0.25, -0.2) is 0 Å². The fourth-order valence-electron chi connectivity index (χ4n) is 1.04. The molecule has 14 heavy (non-hydrogen) atoms. The van der Waals surface area contributed by atoms with E-state index in [1.54, 1.807) is 0 Å². The van der Waals surface area contributed by atoms with Crippen LogP contribution in [0, 0.1) is 0 Å². The molecule has 0 nitrogen and oxygen atoms in total. The van der Waals surface area contributed by atoms with Crippen molar-refractivity contribution in [1.29, 1.82) is 0 Å². The Morgan fingerprint density at radius 2 is 1.71 bits per heavy atom. The summed E-state index contributed by atoms with van der Waals surface area (Å²) < 4.78 is 36.5. The van der Waals surface area contributed by atoms with Gasteiger partial charge < -0.3 is 0 Å². The van der Waals surface area contributed by atoms with E-state index >= 15 is 0 Å². The van der Waals surface area contributed by atoms with Crippen molar-refractivity contribution in [3.8, 4) is 0 Å². The Balaban J connectivity index is 2.84. The van der Waals surface area contributed by atoms with Gasteiger partial charge >= 0.3 is 6.18 Å². The molecule has 4 heteroatoms. The number of hydrogen-bond donors (Lipinski definition) is 0. The molecule has 0 aliphatic heterocycles. The summed E-state index contributed by atoms with van der Waals surface area (Å²) in [7, 11) is -0.170. The normalized spacial score (nSPS) is 13.1. The van der Waals surface area contributed by atoms with E-state index < -0.39 is 11.7 Å². The van der Waals surface area contributed by atoms with Crippen LogP contribution in [0.2, 0.25) is 6.55 Å². The van der Waals surface area contributed by atoms with Crippen LogP contribution in [0.15, 0.2) is 30.0 Å². The third-order valence-electron chi connectivity index (χ3n) is 1.78. The summed E-state index contributed by atoms with van der Waals surface area (Å²) >= 11 is 0. The monoisotopic (exact) mass is 216 g/mol. The van der Waals surface area contributed by atoms with Gasteiger partial charge in [-0.05, 0) is 17.7 Å². The van der Waals surface area contributed by atoms with Crippen LogP contribution >= 0.6 is 0 Å². The van der Waals surface area contributed by atoms with Crippen LogP contribution in [0.3, 0.4) is 0 Å². The molecular formula is C10H11F3Si. The lowest BCUT2D eigenvalue weighted by Gasteiger charge is -2.05. The number of benzene rings is 1. The first kappa shape index (κ1) is 11.0. The molecule has 1 aromatic rings. The number of alkyl halides is 3. The fourth-order valence-corrected chi connectivity index (χ4v) is 1.55. The highest BCUT2D eigenvalue weighted by atomic mass is 28.2. The first-order valence-corrected chi connectivity index (χ1v) is 6.61. The maximum Gasteiger partial charge on any atom is 0.416 e. The number of rotatable bonds is 2. The molecule has 0 aliphatic rings. The second-order valence-corrected chi connectivity index (χ2v) is 4.22. The minimum Gasteiger partial charge on any atom is -0.166 e. The summed E-state index contributed by atoms with van der Waals surface area (Å²) in [5.74, 6) is 0. The van der Waals surface area contributed by atoms with Crippen molar-refractivity contribution in [2.75, 3.05) is 0 Å². The van der Waals surface area contributed by atoms with Crippen molar-refractivity contribution in [2.24, 2.45) is 0 Å². The largest absolute Gasteiger partial charge is 0.416 e. The first-order valence-electron chi connectivity index (χ1n) is 4.38. The van der Waals surface area contributed by atoms with E-state index in [2.05, 4.69) is 6.55 Å². The minimum absolute atomic E-state index is 0.170. The maximum atomic E-state index is 12.2. The van der Waals surface area contributed by atoms with Crippen molar-refractivity contribution in [3.05, 3.63) is 41.1 Å². The summed E-state index contributed by atoms with van der Waals surface area (Å²) in [6.07, 6.45) is -2.37. The van der Waals surface area contributed by atoms with Crippen LogP contribution < -0.4 is 0 Å². The van der Waals surface area contributed by atoms with Crippen LogP contribution in [-0.2, 0) is 6.18 Å². The second-order valence-electron chi connectivity index (χ2n) is 2.93. The Morgan fingerprint density at radius 1 is 1.14 bits per heavy atom. The van der Waals surface area contributed by atoms with Gasteiger partial charge in [-0.3, -0.25) is 0 Å². The van der Waals surface area contributed by atoms with Crippen molar-refractivity contribution in [2.45, 2.75) is 12.7 Å². The van der Waals surface area contributed by atoms with Gasteiger partial charge in [0.05, 0.1) is 5.56 Å². The predicted molar refractivity (Wildman–Crippen MR) is 54.9 cm³/mol. The van der Waals surface area contributed by atoms with Gasteiger partial charge in [-0.2, -0.15) is 13.2 Å². The molecule has 0 bridgehead atoms. The molecule has 0 aromatic heterocycles. The summed E-state index contributed by atoms with van der Waals surface area (Å²) in [5, 5.41) is 0. The van der Waals surface area contributed by atoms with Crippen LogP contribution in [0.4, 0.5) is 13.2 Å². The lowest BCUT2D eigenvalue weighted by Crippen LogP contribution is -2.03. The van der Waals surface area contributed by atoms with Crippen LogP contribution in [-0.4, -0.2) is 9.52 Å². The molecule has 1 rings (SSSR count). The molecule has 0 atom stereocenters. The molecule has 0 unspecified atom stereocenters. The molecule has 0 aliphatic carbocycles. The molecule has 76 valence electrons. The highest BCUT2D eigenvalue weighted by Crippen LogP contribution is 2.29. The molecule has 0 heterocycles. The van der Waals surface area contributed by atoms with Crippen LogP contribution in [0.5, 0.6) is 0 Å². The number of halogens is 3. The topological polar surface area (TPSA) is 0 Å². The zero-order valence-electron chi connectivity index (χ0n) is 7.81. The van der Waals surface area contributed by atoms with Gasteiger partial charge in [-0.1, -0.05) is 24.8 Å². The van der Waals surface area contributed by atoms with Gasteiger partial charge in [-0.15, -0.1) is 5.70 Å². The highest BCUT2D eigenvalue weighted by molar-refractivity contribution is 6.41. The average Bonchev–Trinajstić information content (AvgIpc) is 2.14. The molecule has 0 radical (unpaired) electrons. The van der Waals surface area contributed by atoms with Crippen LogP contribution in [0.25, 0.3) is 6.08 Å². The third-order valence-corrected chi connectivity index (χ3v) is 2.49. The smallest absolute Gasteiger partial charge is 0.166 e. The SMILES string of the molecule is C[SiH2]/C=C/c1ccc(C(F)(F)F)cc1. The lowest BCUT2D eigenvalue weighted by molar-refractivity contribution is -0.137. The Kier molecular flexibility index (Phi) is 3.52. The minimum atomic E-state index is -4.23. The molecule has 0 saturated heterocycles. The van der Waals surface area contributed by atoms with Crippen molar-refractivity contribution >= 4 is 15.6 Å². The Morgan fingerprint density at radius 3 is 2.14 bits per heavy atom. The van der Waals surface area contributed by atoms with E-state index in [-0.39, 0.29) is 9.52 Å². The molecule has 0 spiro atoms. The molecule has 0 fully saturated rings. The summed E-state index contributed by atoms with van der Waals surface area (Å²) in [6.45, 7) is 2.11. The maximum absolute atomic E-state index is 12.2. The fraction of sp³-hybridized carbons (Fsp3) is 0.200. The van der Waals surface area contributed by atoms with Gasteiger partial charge in [0.25, 0.3) is 0 Å². The average molecular weight is 216 g/mol. The van der Waals surface area contributed by atoms with Crippen molar-refractivity contribution in [1.82, 2.24) is 0 Å². The van der Waals surface area contributed by atoms with Crippen molar-refractivity contribution in [3.63, 3.8) is 0 Å². The number of hydrogen-bond acceptors (Lipinski definition) is 0. The van der Waals surface area contributed by atoms with Gasteiger partial charge in [0.1, 0.15) is 0 Å². The van der Waals surface area contributed by atoms with Gasteiger partial charge in [0.2, 0.25) is 0 Å². The van der Waals surface area contributed by atoms with E-state index in [0.717, 1.165) is 17.7 Å². The van der Waals surface area contributed by atoms with Gasteiger partial charge in [0, 0.05) is 9.52 Å². The lowest BCUT2D eigenvalue weighted by atomic mass is 10.1. The third kappa shape index (κ3) is 3.03. The molecule has 0 saturated carbocycles. The predicted octanol–water partition coefficient (Wildman–Crippen LogP) is 2.89. The van der Waals surface area contributed by atoms with E-state index in [4.69, 9.17) is 0 Å². The first-order chi connectivity index (χ1) is 6.54. The summed E-state index contributed by atoms with van der Waals surface area (Å²) in [6, 6.07) is 5.19. The van der Waals surface area contributed by atoms with E-state index in [1.165, 1.54) is 12.1 Å². The highest BCUT2D eigenvalue weighted by Gasteiger charge is 2.29. The van der Waals surface area contributed by atoms with E-state index in [0.29, 0.717) is 0 Å². The Hall–Kier alpha value is -1.03. The molecule has 0 N–H and O–H groups in total. The Labute approximate surface area is 83.3 Å².